The third kappa shape index (κ3) is 4.81. The number of hydrogen-bond acceptors (Lipinski definition) is 2. The van der Waals surface area contributed by atoms with Crippen molar-refractivity contribution in [1.82, 2.24) is 0 Å². The Morgan fingerprint density at radius 1 is 1.88 bits per heavy atom. The minimum atomic E-state index is -0.771. The number of rotatable bonds is 2. The van der Waals surface area contributed by atoms with Gasteiger partial charge < -0.3 is 5.73 Å². The van der Waals surface area contributed by atoms with Crippen molar-refractivity contribution in [3.8, 4) is 0 Å². The number of urea groups is 1. The molecule has 0 aromatic heterocycles. The average Bonchev–Trinajstić information content (AvgIpc) is 1.66. The summed E-state index contributed by atoms with van der Waals surface area (Å²) in [4.78, 5) is 9.80. The topological polar surface area (TPSA) is 67.8 Å². The number of nitrogens with two attached hydrogens (primary N) is 1. The van der Waals surface area contributed by atoms with Crippen LogP contribution in [-0.4, -0.2) is 12.6 Å². The summed E-state index contributed by atoms with van der Waals surface area (Å²) in [7, 11) is 0. The first kappa shape index (κ1) is 6.81. The molecule has 0 aromatic rings. The molecule has 0 aromatic carbocycles. The molecule has 0 radical (unpaired) electrons. The van der Waals surface area contributed by atoms with E-state index >= 15 is 0 Å². The molecule has 8 heavy (non-hydrogen) atoms. The van der Waals surface area contributed by atoms with Gasteiger partial charge in [0.05, 0.1) is 6.54 Å². The third-order valence-corrected chi connectivity index (χ3v) is 0.380. The molecule has 0 aliphatic heterocycles. The van der Waals surface area contributed by atoms with Gasteiger partial charge in [-0.1, -0.05) is 11.2 Å². The van der Waals surface area contributed by atoms with Crippen molar-refractivity contribution in [2.45, 2.75) is 0 Å². The van der Waals surface area contributed by atoms with E-state index in [1.165, 1.54) is 6.08 Å². The van der Waals surface area contributed by atoms with Crippen LogP contribution in [0.25, 0.3) is 0 Å². The minimum Gasteiger partial charge on any atom is -0.348 e. The Morgan fingerprint density at radius 2 is 2.50 bits per heavy atom. The van der Waals surface area contributed by atoms with Crippen LogP contribution in [0.1, 0.15) is 0 Å². The van der Waals surface area contributed by atoms with Gasteiger partial charge in [-0.05, 0) is 0 Å². The molecule has 2 N–H and O–H groups in total. The fourth-order valence-electron chi connectivity index (χ4n) is 0.168. The Hall–Kier alpha value is -1.19. The largest absolute Gasteiger partial charge is 0.356 e. The van der Waals surface area contributed by atoms with Crippen LogP contribution < -0.4 is 5.73 Å². The van der Waals surface area contributed by atoms with Gasteiger partial charge in [0.25, 0.3) is 0 Å². The van der Waals surface area contributed by atoms with Gasteiger partial charge in [-0.3, -0.25) is 0 Å². The van der Waals surface area contributed by atoms with Crippen LogP contribution >= 0.6 is 0 Å². The first-order chi connectivity index (χ1) is 3.77. The molecule has 0 fully saturated rings. The molecule has 0 bridgehead atoms. The standard InChI is InChI=1S/C4H7N3O/c1-2-3-6-7-4(5)8/h2H,1,3H2,(H2,5,8). The van der Waals surface area contributed by atoms with Crippen molar-refractivity contribution in [1.29, 1.82) is 0 Å². The molecule has 0 atom stereocenters. The Morgan fingerprint density at radius 3 is 2.88 bits per heavy atom. The molecule has 0 aliphatic rings. The number of carbonyl (C=O) groups is 1. The van der Waals surface area contributed by atoms with Crippen molar-refractivity contribution < 1.29 is 4.79 Å². The van der Waals surface area contributed by atoms with Gasteiger partial charge in [-0.15, -0.1) is 6.58 Å². The van der Waals surface area contributed by atoms with Crippen LogP contribution in [0, 0.1) is 0 Å². The molecular formula is C4H7N3O. The van der Waals surface area contributed by atoms with Crippen molar-refractivity contribution in [2.75, 3.05) is 6.54 Å². The number of azo groups is 1. The van der Waals surface area contributed by atoms with E-state index in [0.29, 0.717) is 6.54 Å². The quantitative estimate of drug-likeness (QED) is 0.415. The fourth-order valence-corrected chi connectivity index (χ4v) is 0.168. The van der Waals surface area contributed by atoms with E-state index in [1.54, 1.807) is 0 Å². The molecule has 2 amide bonds. The second-order valence-corrected chi connectivity index (χ2v) is 1.05. The molecule has 44 valence electrons. The number of amides is 2. The van der Waals surface area contributed by atoms with Crippen LogP contribution in [0.5, 0.6) is 0 Å². The molecule has 4 nitrogen and oxygen atoms in total. The van der Waals surface area contributed by atoms with Crippen LogP contribution in [0.3, 0.4) is 0 Å². The zero-order valence-corrected chi connectivity index (χ0v) is 4.37. The lowest BCUT2D eigenvalue weighted by molar-refractivity contribution is 0.255. The van der Waals surface area contributed by atoms with Gasteiger partial charge in [0, 0.05) is 0 Å². The van der Waals surface area contributed by atoms with Crippen LogP contribution in [0.4, 0.5) is 4.79 Å². The van der Waals surface area contributed by atoms with Crippen molar-refractivity contribution in [2.24, 2.45) is 16.0 Å². The highest BCUT2D eigenvalue weighted by atomic mass is 16.2. The highest BCUT2D eigenvalue weighted by Gasteiger charge is 1.79. The second-order valence-electron chi connectivity index (χ2n) is 1.05. The fraction of sp³-hybridized carbons (Fsp3) is 0.250. The molecule has 0 saturated heterocycles. The van der Waals surface area contributed by atoms with E-state index in [1.807, 2.05) is 0 Å². The van der Waals surface area contributed by atoms with Crippen molar-refractivity contribution in [3.63, 3.8) is 0 Å². The van der Waals surface area contributed by atoms with E-state index in [-0.39, 0.29) is 0 Å². The predicted octanol–water partition coefficient (Wildman–Crippen LogP) is 0.703. The number of hydrogen-bond donors (Lipinski definition) is 1. The second kappa shape index (κ2) is 3.98. The number of nitrogens with zero attached hydrogens (tertiary/aromatic N) is 2. The van der Waals surface area contributed by atoms with Crippen molar-refractivity contribution >= 4 is 6.03 Å². The molecule has 0 heterocycles. The lowest BCUT2D eigenvalue weighted by atomic mass is 10.7. The summed E-state index contributed by atoms with van der Waals surface area (Å²) in [5, 5.41) is 6.33. The number of primary amides is 1. The predicted molar refractivity (Wildman–Crippen MR) is 29.5 cm³/mol. The molecule has 0 saturated carbocycles. The lowest BCUT2D eigenvalue weighted by Gasteiger charge is -1.76. The minimum absolute atomic E-state index is 0.336. The highest BCUT2D eigenvalue weighted by Crippen LogP contribution is 1.74. The molecule has 4 heteroatoms. The van der Waals surface area contributed by atoms with Crippen LogP contribution in [0.15, 0.2) is 22.9 Å². The Bertz CT molecular complexity index is 118. The summed E-state index contributed by atoms with van der Waals surface area (Å²) in [6.07, 6.45) is 1.52. The summed E-state index contributed by atoms with van der Waals surface area (Å²) < 4.78 is 0. The zero-order valence-electron chi connectivity index (χ0n) is 4.37. The summed E-state index contributed by atoms with van der Waals surface area (Å²) in [5.74, 6) is 0. The zero-order chi connectivity index (χ0) is 6.41. The Kier molecular flexibility index (Phi) is 3.39. The molecule has 0 rings (SSSR count). The summed E-state index contributed by atoms with van der Waals surface area (Å²) in [6, 6.07) is -0.771. The maximum absolute atomic E-state index is 9.80. The van der Waals surface area contributed by atoms with E-state index < -0.39 is 6.03 Å². The summed E-state index contributed by atoms with van der Waals surface area (Å²) >= 11 is 0. The van der Waals surface area contributed by atoms with Gasteiger partial charge in [-0.2, -0.15) is 5.11 Å². The average molecular weight is 113 g/mol. The third-order valence-electron chi connectivity index (χ3n) is 0.380. The Balaban J connectivity index is 3.34. The first-order valence-electron chi connectivity index (χ1n) is 2.05. The molecule has 0 aliphatic carbocycles. The molecular weight excluding hydrogens is 106 g/mol. The van der Waals surface area contributed by atoms with Gasteiger partial charge in [0.2, 0.25) is 0 Å². The van der Waals surface area contributed by atoms with Gasteiger partial charge in [0.15, 0.2) is 0 Å². The Labute approximate surface area is 47.1 Å². The lowest BCUT2D eigenvalue weighted by Crippen LogP contribution is -2.02. The van der Waals surface area contributed by atoms with Crippen LogP contribution in [0.2, 0.25) is 0 Å². The van der Waals surface area contributed by atoms with E-state index in [2.05, 4.69) is 22.5 Å². The number of carbonyl (C=O) groups excluding carboxylic acids is 1. The smallest absolute Gasteiger partial charge is 0.348 e. The highest BCUT2D eigenvalue weighted by molar-refractivity contribution is 5.71. The summed E-state index contributed by atoms with van der Waals surface area (Å²) in [6.45, 7) is 3.69. The molecule has 0 unspecified atom stereocenters. The van der Waals surface area contributed by atoms with E-state index in [0.717, 1.165) is 0 Å². The van der Waals surface area contributed by atoms with Gasteiger partial charge >= 0.3 is 6.03 Å². The maximum Gasteiger partial charge on any atom is 0.356 e. The van der Waals surface area contributed by atoms with Crippen LogP contribution in [-0.2, 0) is 0 Å². The monoisotopic (exact) mass is 113 g/mol. The molecule has 0 spiro atoms. The summed E-state index contributed by atoms with van der Waals surface area (Å²) in [5.41, 5.74) is 4.60. The van der Waals surface area contributed by atoms with E-state index in [4.69, 9.17) is 0 Å². The normalized spacial score (nSPS) is 9.50. The van der Waals surface area contributed by atoms with Gasteiger partial charge in [-0.25, -0.2) is 4.79 Å². The van der Waals surface area contributed by atoms with Gasteiger partial charge in [0.1, 0.15) is 0 Å². The maximum atomic E-state index is 9.80. The SMILES string of the molecule is C=CCN=NC(N)=O. The van der Waals surface area contributed by atoms with E-state index in [9.17, 15) is 4.79 Å². The van der Waals surface area contributed by atoms with Crippen molar-refractivity contribution in [3.05, 3.63) is 12.7 Å². The first-order valence-corrected chi connectivity index (χ1v) is 2.05.